The van der Waals surface area contributed by atoms with E-state index in [0.717, 1.165) is 12.1 Å². The van der Waals surface area contributed by atoms with Gasteiger partial charge in [0, 0.05) is 35.7 Å². The Morgan fingerprint density at radius 3 is 2.42 bits per heavy atom. The standard InChI is InChI=1S/C18H18F3NO2S2/c19-14-9-13(10-15(20)11-14)12-26(23,24)22-6-5-18(25-8-7-22)16-3-1-2-4-17(16)21/h1-4,9-11,18H,5-8,12H2. The van der Waals surface area contributed by atoms with Crippen LogP contribution in [-0.2, 0) is 15.8 Å². The number of halogens is 3. The first-order valence-electron chi connectivity index (χ1n) is 8.14. The minimum atomic E-state index is -3.72. The van der Waals surface area contributed by atoms with Crippen molar-refractivity contribution in [3.8, 4) is 0 Å². The Morgan fingerprint density at radius 1 is 1.04 bits per heavy atom. The highest BCUT2D eigenvalue weighted by Crippen LogP contribution is 2.36. The van der Waals surface area contributed by atoms with Gasteiger partial charge in [-0.2, -0.15) is 11.8 Å². The van der Waals surface area contributed by atoms with Gasteiger partial charge >= 0.3 is 0 Å². The second-order valence-corrected chi connectivity index (χ2v) is 9.38. The highest BCUT2D eigenvalue weighted by atomic mass is 32.2. The fraction of sp³-hybridized carbons (Fsp3) is 0.333. The van der Waals surface area contributed by atoms with Crippen LogP contribution < -0.4 is 0 Å². The lowest BCUT2D eigenvalue weighted by Crippen LogP contribution is -2.34. The summed E-state index contributed by atoms with van der Waals surface area (Å²) >= 11 is 1.52. The topological polar surface area (TPSA) is 37.4 Å². The number of hydrogen-bond acceptors (Lipinski definition) is 3. The largest absolute Gasteiger partial charge is 0.218 e. The van der Waals surface area contributed by atoms with Crippen LogP contribution in [0.2, 0.25) is 0 Å². The summed E-state index contributed by atoms with van der Waals surface area (Å²) < 4.78 is 67.2. The number of thioether (sulfide) groups is 1. The molecule has 0 bridgehead atoms. The third kappa shape index (κ3) is 4.61. The molecule has 1 atom stereocenters. The van der Waals surface area contributed by atoms with Gasteiger partial charge in [-0.05, 0) is 30.2 Å². The number of hydrogen-bond donors (Lipinski definition) is 0. The van der Waals surface area contributed by atoms with Crippen LogP contribution in [0.3, 0.4) is 0 Å². The Labute approximate surface area is 155 Å². The van der Waals surface area contributed by atoms with E-state index in [-0.39, 0.29) is 29.7 Å². The first-order valence-corrected chi connectivity index (χ1v) is 10.8. The minimum absolute atomic E-state index is 0.0741. The molecule has 1 fully saturated rings. The van der Waals surface area contributed by atoms with Crippen LogP contribution in [0.15, 0.2) is 42.5 Å². The molecule has 1 aliphatic heterocycles. The molecule has 8 heteroatoms. The van der Waals surface area contributed by atoms with E-state index in [1.165, 1.54) is 22.1 Å². The Balaban J connectivity index is 1.72. The zero-order chi connectivity index (χ0) is 18.7. The number of nitrogens with zero attached hydrogens (tertiary/aromatic N) is 1. The van der Waals surface area contributed by atoms with E-state index >= 15 is 0 Å². The monoisotopic (exact) mass is 401 g/mol. The summed E-state index contributed by atoms with van der Waals surface area (Å²) in [7, 11) is -3.72. The van der Waals surface area contributed by atoms with Crippen LogP contribution in [-0.4, -0.2) is 31.6 Å². The molecule has 26 heavy (non-hydrogen) atoms. The lowest BCUT2D eigenvalue weighted by molar-refractivity contribution is 0.426. The number of benzene rings is 2. The van der Waals surface area contributed by atoms with Gasteiger partial charge in [0.05, 0.1) is 5.75 Å². The van der Waals surface area contributed by atoms with Crippen molar-refractivity contribution in [3.63, 3.8) is 0 Å². The van der Waals surface area contributed by atoms with Crippen molar-refractivity contribution in [1.29, 1.82) is 0 Å². The average Bonchev–Trinajstić information content (AvgIpc) is 2.80. The van der Waals surface area contributed by atoms with Gasteiger partial charge in [0.25, 0.3) is 0 Å². The maximum Gasteiger partial charge on any atom is 0.218 e. The summed E-state index contributed by atoms with van der Waals surface area (Å²) in [5, 5.41) is -0.122. The maximum absolute atomic E-state index is 14.0. The van der Waals surface area contributed by atoms with Crippen LogP contribution >= 0.6 is 11.8 Å². The van der Waals surface area contributed by atoms with E-state index < -0.39 is 27.4 Å². The van der Waals surface area contributed by atoms with Crippen LogP contribution in [0.5, 0.6) is 0 Å². The highest BCUT2D eigenvalue weighted by molar-refractivity contribution is 7.99. The van der Waals surface area contributed by atoms with Crippen LogP contribution in [0.25, 0.3) is 0 Å². The summed E-state index contributed by atoms with van der Waals surface area (Å²) in [5.41, 5.74) is 0.647. The molecule has 0 aromatic heterocycles. The van der Waals surface area contributed by atoms with Crippen molar-refractivity contribution >= 4 is 21.8 Å². The van der Waals surface area contributed by atoms with Crippen LogP contribution in [0.1, 0.15) is 22.8 Å². The second-order valence-electron chi connectivity index (χ2n) is 6.10. The van der Waals surface area contributed by atoms with Gasteiger partial charge in [-0.1, -0.05) is 18.2 Å². The summed E-state index contributed by atoms with van der Waals surface area (Å²) in [6.45, 7) is 0.530. The molecule has 1 unspecified atom stereocenters. The predicted octanol–water partition coefficient (Wildman–Crippen LogP) is 4.11. The first kappa shape index (κ1) is 19.3. The molecule has 2 aromatic carbocycles. The van der Waals surface area contributed by atoms with Gasteiger partial charge in [-0.25, -0.2) is 25.9 Å². The molecule has 1 heterocycles. The normalized spacial score (nSPS) is 19.3. The molecule has 140 valence electrons. The van der Waals surface area contributed by atoms with E-state index in [9.17, 15) is 21.6 Å². The number of sulfonamides is 1. The summed E-state index contributed by atoms with van der Waals surface area (Å²) in [6.07, 6.45) is 0.475. The van der Waals surface area contributed by atoms with Gasteiger partial charge in [0.1, 0.15) is 17.5 Å². The molecular weight excluding hydrogens is 383 g/mol. The SMILES string of the molecule is O=S(=O)(Cc1cc(F)cc(F)c1)N1CCSC(c2ccccc2F)CC1. The first-order chi connectivity index (χ1) is 12.3. The summed E-state index contributed by atoms with van der Waals surface area (Å²) in [5.74, 6) is -1.84. The molecule has 0 radical (unpaired) electrons. The van der Waals surface area contributed by atoms with Gasteiger partial charge < -0.3 is 0 Å². The zero-order valence-electron chi connectivity index (χ0n) is 13.9. The Morgan fingerprint density at radius 2 is 1.73 bits per heavy atom. The van der Waals surface area contributed by atoms with Crippen molar-refractivity contribution in [2.45, 2.75) is 17.4 Å². The molecule has 0 aliphatic carbocycles. The Bertz CT molecular complexity index is 870. The molecule has 3 rings (SSSR count). The van der Waals surface area contributed by atoms with Crippen molar-refractivity contribution in [2.24, 2.45) is 0 Å². The third-order valence-electron chi connectivity index (χ3n) is 4.22. The molecule has 2 aromatic rings. The molecule has 3 nitrogen and oxygen atoms in total. The van der Waals surface area contributed by atoms with Gasteiger partial charge in [0.2, 0.25) is 10.0 Å². The average molecular weight is 401 g/mol. The molecular formula is C18H18F3NO2S2. The minimum Gasteiger partial charge on any atom is -0.212 e. The van der Waals surface area contributed by atoms with E-state index in [2.05, 4.69) is 0 Å². The Hall–Kier alpha value is -1.51. The van der Waals surface area contributed by atoms with Gasteiger partial charge in [-0.15, -0.1) is 0 Å². The molecule has 0 amide bonds. The van der Waals surface area contributed by atoms with E-state index in [1.807, 2.05) is 0 Å². The van der Waals surface area contributed by atoms with Crippen LogP contribution in [0, 0.1) is 17.5 Å². The smallest absolute Gasteiger partial charge is 0.212 e. The lowest BCUT2D eigenvalue weighted by atomic mass is 10.1. The number of rotatable bonds is 4. The molecule has 0 spiro atoms. The molecule has 0 saturated carbocycles. The quantitative estimate of drug-likeness (QED) is 0.774. The third-order valence-corrected chi connectivity index (χ3v) is 7.38. The summed E-state index contributed by atoms with van der Waals surface area (Å²) in [4.78, 5) is 0. The van der Waals surface area contributed by atoms with Crippen molar-refractivity contribution < 1.29 is 21.6 Å². The Kier molecular flexibility index (Phi) is 5.94. The predicted molar refractivity (Wildman–Crippen MR) is 96.8 cm³/mol. The maximum atomic E-state index is 14.0. The van der Waals surface area contributed by atoms with Gasteiger partial charge in [-0.3, -0.25) is 0 Å². The van der Waals surface area contributed by atoms with Crippen molar-refractivity contribution in [2.75, 3.05) is 18.8 Å². The highest BCUT2D eigenvalue weighted by Gasteiger charge is 2.28. The van der Waals surface area contributed by atoms with Gasteiger partial charge in [0.15, 0.2) is 0 Å². The van der Waals surface area contributed by atoms with Crippen molar-refractivity contribution in [1.82, 2.24) is 4.31 Å². The lowest BCUT2D eigenvalue weighted by Gasteiger charge is -2.20. The van der Waals surface area contributed by atoms with E-state index in [1.54, 1.807) is 18.2 Å². The molecule has 1 saturated heterocycles. The molecule has 0 N–H and O–H groups in total. The fourth-order valence-electron chi connectivity index (χ4n) is 3.01. The molecule has 1 aliphatic rings. The van der Waals surface area contributed by atoms with Crippen LogP contribution in [0.4, 0.5) is 13.2 Å². The zero-order valence-corrected chi connectivity index (χ0v) is 15.5. The fourth-order valence-corrected chi connectivity index (χ4v) is 5.90. The van der Waals surface area contributed by atoms with E-state index in [0.29, 0.717) is 23.8 Å². The second kappa shape index (κ2) is 8.02. The van der Waals surface area contributed by atoms with E-state index in [4.69, 9.17) is 0 Å². The van der Waals surface area contributed by atoms with Crippen molar-refractivity contribution in [3.05, 3.63) is 71.0 Å². The summed E-state index contributed by atoms with van der Waals surface area (Å²) in [6, 6.07) is 9.24.